The van der Waals surface area contributed by atoms with Crippen LogP contribution < -0.4 is 5.32 Å². The molecule has 1 aromatic heterocycles. The van der Waals surface area contributed by atoms with Gasteiger partial charge in [-0.1, -0.05) is 13.8 Å². The van der Waals surface area contributed by atoms with Crippen molar-refractivity contribution in [2.24, 2.45) is 5.92 Å². The molecule has 1 rings (SSSR count). The zero-order valence-electron chi connectivity index (χ0n) is 13.0. The van der Waals surface area contributed by atoms with E-state index >= 15 is 0 Å². The van der Waals surface area contributed by atoms with Crippen molar-refractivity contribution in [1.82, 2.24) is 9.88 Å². The lowest BCUT2D eigenvalue weighted by Gasteiger charge is -2.24. The van der Waals surface area contributed by atoms with Gasteiger partial charge in [-0.05, 0) is 33.4 Å². The summed E-state index contributed by atoms with van der Waals surface area (Å²) in [6.45, 7) is 7.47. The third-order valence-corrected chi connectivity index (χ3v) is 3.47. The average molecular weight is 299 g/mol. The van der Waals surface area contributed by atoms with Crippen LogP contribution in [0.5, 0.6) is 0 Å². The average Bonchev–Trinajstić information content (AvgIpc) is 2.75. The molecule has 6 heteroatoms. The molecule has 1 unspecified atom stereocenters. The molecule has 1 N–H and O–H groups in total. The lowest BCUT2D eigenvalue weighted by Crippen LogP contribution is -2.33. The van der Waals surface area contributed by atoms with Crippen molar-refractivity contribution < 1.29 is 9.53 Å². The third kappa shape index (κ3) is 5.46. The van der Waals surface area contributed by atoms with Crippen LogP contribution in [0, 0.1) is 5.92 Å². The lowest BCUT2D eigenvalue weighted by molar-refractivity contribution is 0.0521. The van der Waals surface area contributed by atoms with Gasteiger partial charge in [0.05, 0.1) is 12.1 Å². The van der Waals surface area contributed by atoms with E-state index in [9.17, 15) is 4.79 Å². The topological polar surface area (TPSA) is 54.5 Å². The molecule has 5 nitrogen and oxygen atoms in total. The van der Waals surface area contributed by atoms with Gasteiger partial charge in [0.2, 0.25) is 0 Å². The standard InChI is InChI=1S/C14H25N3O2S/c1-6-19-14(18)12-13(20-9-15-12)16-11(7-10(2)3)8-17(4)5/h9-11,16H,6-8H2,1-5H3. The van der Waals surface area contributed by atoms with E-state index in [2.05, 4.69) is 29.0 Å². The molecule has 0 radical (unpaired) electrons. The maximum absolute atomic E-state index is 11.8. The normalized spacial score (nSPS) is 12.8. The first-order valence-electron chi connectivity index (χ1n) is 6.95. The Morgan fingerprint density at radius 1 is 1.50 bits per heavy atom. The van der Waals surface area contributed by atoms with Crippen molar-refractivity contribution in [3.05, 3.63) is 11.2 Å². The molecule has 0 fully saturated rings. The zero-order valence-corrected chi connectivity index (χ0v) is 13.8. The second kappa shape index (κ2) is 8.21. The molecule has 1 aromatic rings. The molecule has 0 aliphatic rings. The van der Waals surface area contributed by atoms with Crippen LogP contribution in [0.15, 0.2) is 5.51 Å². The van der Waals surface area contributed by atoms with E-state index in [1.54, 1.807) is 12.4 Å². The van der Waals surface area contributed by atoms with E-state index in [0.717, 1.165) is 18.0 Å². The number of likely N-dealkylation sites (N-methyl/N-ethyl adjacent to an activating group) is 1. The van der Waals surface area contributed by atoms with Crippen molar-refractivity contribution in [3.8, 4) is 0 Å². The van der Waals surface area contributed by atoms with Gasteiger partial charge in [-0.25, -0.2) is 9.78 Å². The maximum Gasteiger partial charge on any atom is 0.360 e. The summed E-state index contributed by atoms with van der Waals surface area (Å²) in [5.41, 5.74) is 2.07. The summed E-state index contributed by atoms with van der Waals surface area (Å²) in [5, 5.41) is 4.24. The summed E-state index contributed by atoms with van der Waals surface area (Å²) in [6, 6.07) is 0.290. The molecule has 1 atom stereocenters. The third-order valence-electron chi connectivity index (χ3n) is 2.71. The Kier molecular flexibility index (Phi) is 6.95. The highest BCUT2D eigenvalue weighted by Crippen LogP contribution is 2.23. The molecule has 0 saturated carbocycles. The molecule has 0 bridgehead atoms. The Morgan fingerprint density at radius 2 is 2.20 bits per heavy atom. The Bertz CT molecular complexity index is 408. The summed E-state index contributed by atoms with van der Waals surface area (Å²) < 4.78 is 5.03. The molecule has 0 saturated heterocycles. The number of rotatable bonds is 8. The molecule has 1 heterocycles. The molecule has 0 aliphatic carbocycles. The number of aromatic nitrogens is 1. The predicted molar refractivity (Wildman–Crippen MR) is 83.5 cm³/mol. The number of anilines is 1. The second-order valence-electron chi connectivity index (χ2n) is 5.48. The number of carbonyl (C=O) groups excluding carboxylic acids is 1. The van der Waals surface area contributed by atoms with Gasteiger partial charge in [-0.15, -0.1) is 11.3 Å². The van der Waals surface area contributed by atoms with Crippen LogP contribution >= 0.6 is 11.3 Å². The molecule has 114 valence electrons. The van der Waals surface area contributed by atoms with Gasteiger partial charge in [-0.3, -0.25) is 0 Å². The lowest BCUT2D eigenvalue weighted by atomic mass is 10.0. The number of hydrogen-bond acceptors (Lipinski definition) is 6. The van der Waals surface area contributed by atoms with Gasteiger partial charge < -0.3 is 15.0 Å². The fourth-order valence-corrected chi connectivity index (χ4v) is 2.81. The first-order valence-corrected chi connectivity index (χ1v) is 7.83. The number of ether oxygens (including phenoxy) is 1. The summed E-state index contributed by atoms with van der Waals surface area (Å²) >= 11 is 1.44. The summed E-state index contributed by atoms with van der Waals surface area (Å²) in [5.74, 6) is 0.232. The van der Waals surface area contributed by atoms with Crippen LogP contribution in [0.1, 0.15) is 37.7 Å². The molecule has 0 aromatic carbocycles. The van der Waals surface area contributed by atoms with Gasteiger partial charge in [0.1, 0.15) is 5.00 Å². The SMILES string of the molecule is CCOC(=O)c1ncsc1NC(CC(C)C)CN(C)C. The van der Waals surface area contributed by atoms with Crippen molar-refractivity contribution >= 4 is 22.3 Å². The minimum atomic E-state index is -0.357. The van der Waals surface area contributed by atoms with Crippen LogP contribution in [0.2, 0.25) is 0 Å². The van der Waals surface area contributed by atoms with Gasteiger partial charge in [0.25, 0.3) is 0 Å². The Labute approximate surface area is 125 Å². The monoisotopic (exact) mass is 299 g/mol. The van der Waals surface area contributed by atoms with Crippen LogP contribution in [0.4, 0.5) is 5.00 Å². The Morgan fingerprint density at radius 3 is 2.75 bits per heavy atom. The van der Waals surface area contributed by atoms with Crippen LogP contribution in [0.25, 0.3) is 0 Å². The molecular formula is C14H25N3O2S. The highest BCUT2D eigenvalue weighted by molar-refractivity contribution is 7.14. The molecule has 0 aliphatic heterocycles. The summed E-state index contributed by atoms with van der Waals surface area (Å²) in [6.07, 6.45) is 1.04. The Hall–Kier alpha value is -1.14. The van der Waals surface area contributed by atoms with Crippen LogP contribution in [-0.2, 0) is 4.74 Å². The number of nitrogens with one attached hydrogen (secondary N) is 1. The quantitative estimate of drug-likeness (QED) is 0.748. The van der Waals surface area contributed by atoms with E-state index in [1.807, 2.05) is 14.1 Å². The van der Waals surface area contributed by atoms with E-state index in [4.69, 9.17) is 4.74 Å². The molecule has 0 spiro atoms. The number of thiazole rings is 1. The zero-order chi connectivity index (χ0) is 15.1. The molecular weight excluding hydrogens is 274 g/mol. The van der Waals surface area contributed by atoms with E-state index in [0.29, 0.717) is 24.3 Å². The van der Waals surface area contributed by atoms with Crippen molar-refractivity contribution in [1.29, 1.82) is 0 Å². The highest BCUT2D eigenvalue weighted by atomic mass is 32.1. The van der Waals surface area contributed by atoms with Gasteiger partial charge in [0, 0.05) is 12.6 Å². The van der Waals surface area contributed by atoms with Gasteiger partial charge >= 0.3 is 5.97 Å². The fourth-order valence-electron chi connectivity index (χ4n) is 2.07. The number of esters is 1. The molecule has 20 heavy (non-hydrogen) atoms. The largest absolute Gasteiger partial charge is 0.461 e. The smallest absolute Gasteiger partial charge is 0.360 e. The molecule has 0 amide bonds. The number of carbonyl (C=O) groups is 1. The number of hydrogen-bond donors (Lipinski definition) is 1. The van der Waals surface area contributed by atoms with E-state index in [-0.39, 0.29) is 5.97 Å². The minimum Gasteiger partial charge on any atom is -0.461 e. The van der Waals surface area contributed by atoms with E-state index < -0.39 is 0 Å². The van der Waals surface area contributed by atoms with Gasteiger partial charge in [-0.2, -0.15) is 0 Å². The minimum absolute atomic E-state index is 0.290. The second-order valence-corrected chi connectivity index (χ2v) is 6.34. The first kappa shape index (κ1) is 16.9. The number of nitrogens with zero attached hydrogens (tertiary/aromatic N) is 2. The van der Waals surface area contributed by atoms with Crippen molar-refractivity contribution in [2.75, 3.05) is 32.6 Å². The van der Waals surface area contributed by atoms with Crippen LogP contribution in [-0.4, -0.2) is 49.1 Å². The van der Waals surface area contributed by atoms with E-state index in [1.165, 1.54) is 11.3 Å². The van der Waals surface area contributed by atoms with Crippen molar-refractivity contribution in [3.63, 3.8) is 0 Å². The summed E-state index contributed by atoms with van der Waals surface area (Å²) in [7, 11) is 4.10. The summed E-state index contributed by atoms with van der Waals surface area (Å²) in [4.78, 5) is 18.1. The van der Waals surface area contributed by atoms with Crippen LogP contribution in [0.3, 0.4) is 0 Å². The highest BCUT2D eigenvalue weighted by Gasteiger charge is 2.20. The predicted octanol–water partition coefficient (Wildman–Crippen LogP) is 2.71. The fraction of sp³-hybridized carbons (Fsp3) is 0.714. The maximum atomic E-state index is 11.8. The van der Waals surface area contributed by atoms with Gasteiger partial charge in [0.15, 0.2) is 5.69 Å². The first-order chi connectivity index (χ1) is 9.43. The van der Waals surface area contributed by atoms with Crippen molar-refractivity contribution in [2.45, 2.75) is 33.2 Å². The Balaban J connectivity index is 2.77.